The Balaban J connectivity index is 1.67. The highest BCUT2D eigenvalue weighted by Gasteiger charge is 2.42. The van der Waals surface area contributed by atoms with Gasteiger partial charge in [-0.3, -0.25) is 14.5 Å². The van der Waals surface area contributed by atoms with Crippen LogP contribution >= 0.6 is 0 Å². The van der Waals surface area contributed by atoms with E-state index in [-0.39, 0.29) is 17.7 Å². The Morgan fingerprint density at radius 1 is 0.968 bits per heavy atom. The minimum Gasteiger partial charge on any atom is -0.320 e. The van der Waals surface area contributed by atoms with E-state index in [9.17, 15) is 9.59 Å². The molecule has 0 fully saturated rings. The minimum absolute atomic E-state index is 0.245. The van der Waals surface area contributed by atoms with Gasteiger partial charge in [-0.1, -0.05) is 38.1 Å². The molecule has 1 unspecified atom stereocenters. The molecule has 0 saturated heterocycles. The second-order valence-electron chi connectivity index (χ2n) is 8.18. The van der Waals surface area contributed by atoms with Crippen molar-refractivity contribution < 1.29 is 9.59 Å². The maximum Gasteiger partial charge on any atom is 0.262 e. The van der Waals surface area contributed by atoms with Gasteiger partial charge in [-0.05, 0) is 36.6 Å². The first-order valence-corrected chi connectivity index (χ1v) is 10.3. The topological polar surface area (TPSA) is 96.8 Å². The molecule has 2 aromatic carbocycles. The predicted octanol–water partition coefficient (Wildman–Crippen LogP) is 3.59. The first-order valence-electron chi connectivity index (χ1n) is 10.3. The van der Waals surface area contributed by atoms with Crippen molar-refractivity contribution in [1.29, 1.82) is 0 Å². The number of rotatable bonds is 6. The molecule has 0 radical (unpaired) electrons. The number of carbonyl (C=O) groups is 2. The minimum atomic E-state index is -0.494. The molecule has 0 spiro atoms. The molecule has 8 nitrogen and oxygen atoms in total. The van der Waals surface area contributed by atoms with E-state index in [1.54, 1.807) is 30.5 Å². The summed E-state index contributed by atoms with van der Waals surface area (Å²) in [5, 5.41) is 10.7. The SMILES string of the molecule is CC(C)CC(c1nc2ccccc2n1Cc1cn[nH]n1)N1C(=O)c2ccccc2C1=O. The standard InChI is InChI=1S/C23H22N6O2/c1-14(2)11-20(29-22(30)16-7-3-4-8-17(16)23(29)31)21-25-18-9-5-6-10-19(18)28(21)13-15-12-24-27-26-15/h3-10,12,14,20H,11,13H2,1-2H3,(H,24,26,27). The molecule has 2 amide bonds. The summed E-state index contributed by atoms with van der Waals surface area (Å²) < 4.78 is 2.03. The highest BCUT2D eigenvalue weighted by Crippen LogP contribution is 2.36. The fourth-order valence-corrected chi connectivity index (χ4v) is 4.24. The van der Waals surface area contributed by atoms with E-state index in [4.69, 9.17) is 4.98 Å². The zero-order chi connectivity index (χ0) is 21.5. The normalized spacial score (nSPS) is 14.6. The smallest absolute Gasteiger partial charge is 0.262 e. The number of H-pyrrole nitrogens is 1. The van der Waals surface area contributed by atoms with E-state index < -0.39 is 6.04 Å². The van der Waals surface area contributed by atoms with Crippen LogP contribution in [0.5, 0.6) is 0 Å². The van der Waals surface area contributed by atoms with Gasteiger partial charge in [0, 0.05) is 0 Å². The molecule has 8 heteroatoms. The van der Waals surface area contributed by atoms with Crippen molar-refractivity contribution in [2.24, 2.45) is 5.92 Å². The Morgan fingerprint density at radius 3 is 2.29 bits per heavy atom. The summed E-state index contributed by atoms with van der Waals surface area (Å²) >= 11 is 0. The van der Waals surface area contributed by atoms with Gasteiger partial charge in [0.2, 0.25) is 0 Å². The van der Waals surface area contributed by atoms with Gasteiger partial charge in [0.1, 0.15) is 11.5 Å². The average molecular weight is 414 g/mol. The van der Waals surface area contributed by atoms with Gasteiger partial charge >= 0.3 is 0 Å². The highest BCUT2D eigenvalue weighted by molar-refractivity contribution is 6.21. The summed E-state index contributed by atoms with van der Waals surface area (Å²) in [5.41, 5.74) is 3.37. The van der Waals surface area contributed by atoms with Crippen LogP contribution in [-0.4, -0.2) is 41.7 Å². The summed E-state index contributed by atoms with van der Waals surface area (Å²) in [5.74, 6) is 0.375. The number of nitrogens with one attached hydrogen (secondary N) is 1. The molecule has 3 heterocycles. The summed E-state index contributed by atoms with van der Waals surface area (Å²) in [4.78, 5) is 32.8. The number of nitrogens with zero attached hydrogens (tertiary/aromatic N) is 5. The van der Waals surface area contributed by atoms with E-state index in [1.165, 1.54) is 4.90 Å². The van der Waals surface area contributed by atoms with Crippen LogP contribution in [0.15, 0.2) is 54.7 Å². The van der Waals surface area contributed by atoms with Gasteiger partial charge in [0.15, 0.2) is 0 Å². The average Bonchev–Trinajstić information content (AvgIpc) is 3.46. The van der Waals surface area contributed by atoms with Crippen molar-refractivity contribution in [2.75, 3.05) is 0 Å². The number of hydrogen-bond acceptors (Lipinski definition) is 5. The molecule has 0 aliphatic carbocycles. The molecular weight excluding hydrogens is 392 g/mol. The van der Waals surface area contributed by atoms with Crippen molar-refractivity contribution in [3.63, 3.8) is 0 Å². The first-order chi connectivity index (χ1) is 15.0. The monoisotopic (exact) mass is 414 g/mol. The Hall–Kier alpha value is -3.81. The van der Waals surface area contributed by atoms with Crippen molar-refractivity contribution in [2.45, 2.75) is 32.9 Å². The van der Waals surface area contributed by atoms with Crippen LogP contribution in [-0.2, 0) is 6.54 Å². The lowest BCUT2D eigenvalue weighted by molar-refractivity contribution is 0.0553. The highest BCUT2D eigenvalue weighted by atomic mass is 16.2. The zero-order valence-corrected chi connectivity index (χ0v) is 17.3. The fourth-order valence-electron chi connectivity index (χ4n) is 4.24. The molecule has 1 N–H and O–H groups in total. The summed E-state index contributed by atoms with van der Waals surface area (Å²) in [6.07, 6.45) is 2.27. The predicted molar refractivity (Wildman–Crippen MR) is 114 cm³/mol. The molecule has 0 bridgehead atoms. The fraction of sp³-hybridized carbons (Fsp3) is 0.261. The number of amides is 2. The maximum absolute atomic E-state index is 13.3. The zero-order valence-electron chi connectivity index (χ0n) is 17.3. The summed E-state index contributed by atoms with van der Waals surface area (Å²) in [6, 6.07) is 14.3. The molecule has 1 aliphatic rings. The molecule has 2 aromatic heterocycles. The van der Waals surface area contributed by atoms with Crippen LogP contribution in [0.1, 0.15) is 58.5 Å². The number of hydrogen-bond donors (Lipinski definition) is 1. The van der Waals surface area contributed by atoms with Crippen LogP contribution in [0.2, 0.25) is 0 Å². The van der Waals surface area contributed by atoms with Crippen molar-refractivity contribution in [3.05, 3.63) is 77.4 Å². The van der Waals surface area contributed by atoms with Crippen molar-refractivity contribution >= 4 is 22.8 Å². The molecule has 31 heavy (non-hydrogen) atoms. The maximum atomic E-state index is 13.3. The number of imidazole rings is 1. The van der Waals surface area contributed by atoms with Gasteiger partial charge in [-0.25, -0.2) is 4.98 Å². The van der Waals surface area contributed by atoms with Crippen LogP contribution in [0.3, 0.4) is 0 Å². The Morgan fingerprint density at radius 2 is 1.65 bits per heavy atom. The Labute approximate surface area is 178 Å². The van der Waals surface area contributed by atoms with Crippen molar-refractivity contribution in [3.8, 4) is 0 Å². The number of carbonyl (C=O) groups excluding carboxylic acids is 2. The molecule has 156 valence electrons. The number of imide groups is 1. The second-order valence-corrected chi connectivity index (χ2v) is 8.18. The lowest BCUT2D eigenvalue weighted by Gasteiger charge is -2.28. The first kappa shape index (κ1) is 19.2. The molecule has 1 atom stereocenters. The van der Waals surface area contributed by atoms with E-state index in [1.807, 2.05) is 28.8 Å². The molecule has 5 rings (SSSR count). The lowest BCUT2D eigenvalue weighted by atomic mass is 10.0. The van der Waals surface area contributed by atoms with Gasteiger partial charge in [-0.2, -0.15) is 15.4 Å². The quantitative estimate of drug-likeness (QED) is 0.487. The summed E-state index contributed by atoms with van der Waals surface area (Å²) in [6.45, 7) is 4.59. The van der Waals surface area contributed by atoms with Gasteiger partial charge < -0.3 is 4.57 Å². The van der Waals surface area contributed by atoms with Gasteiger partial charge in [0.05, 0.1) is 40.9 Å². The van der Waals surface area contributed by atoms with Crippen molar-refractivity contribution in [1.82, 2.24) is 29.9 Å². The second kappa shape index (κ2) is 7.46. The molecule has 1 aliphatic heterocycles. The van der Waals surface area contributed by atoms with Crippen LogP contribution in [0.4, 0.5) is 0 Å². The third kappa shape index (κ3) is 3.20. The largest absolute Gasteiger partial charge is 0.320 e. The molecule has 0 saturated carbocycles. The summed E-state index contributed by atoms with van der Waals surface area (Å²) in [7, 11) is 0. The van der Waals surface area contributed by atoms with E-state index in [2.05, 4.69) is 29.3 Å². The number of fused-ring (bicyclic) bond motifs is 2. The number of aromatic amines is 1. The lowest BCUT2D eigenvalue weighted by Crippen LogP contribution is -2.36. The van der Waals surface area contributed by atoms with Crippen LogP contribution < -0.4 is 0 Å². The number of benzene rings is 2. The van der Waals surface area contributed by atoms with Gasteiger partial charge in [0.25, 0.3) is 11.8 Å². The third-order valence-electron chi connectivity index (χ3n) is 5.60. The van der Waals surface area contributed by atoms with Gasteiger partial charge in [-0.15, -0.1) is 0 Å². The van der Waals surface area contributed by atoms with E-state index in [0.717, 1.165) is 16.7 Å². The number of aromatic nitrogens is 5. The Kier molecular flexibility index (Phi) is 4.62. The molecule has 4 aromatic rings. The van der Waals surface area contributed by atoms with E-state index in [0.29, 0.717) is 29.9 Å². The molecular formula is C23H22N6O2. The van der Waals surface area contributed by atoms with E-state index >= 15 is 0 Å². The Bertz CT molecular complexity index is 1240. The van der Waals surface area contributed by atoms with Crippen LogP contribution in [0, 0.1) is 5.92 Å². The number of para-hydroxylation sites is 2. The third-order valence-corrected chi connectivity index (χ3v) is 5.60. The van der Waals surface area contributed by atoms with Crippen LogP contribution in [0.25, 0.3) is 11.0 Å².